The summed E-state index contributed by atoms with van der Waals surface area (Å²) in [5.41, 5.74) is 0.765. The van der Waals surface area contributed by atoms with Gasteiger partial charge >= 0.3 is 0 Å². The molecule has 15 heavy (non-hydrogen) atoms. The van der Waals surface area contributed by atoms with Gasteiger partial charge in [-0.1, -0.05) is 12.1 Å². The number of nitrogens with one attached hydrogen (secondary N) is 1. The van der Waals surface area contributed by atoms with Crippen molar-refractivity contribution >= 4 is 11.9 Å². The van der Waals surface area contributed by atoms with Crippen molar-refractivity contribution in [3.05, 3.63) is 29.8 Å². The summed E-state index contributed by atoms with van der Waals surface area (Å²) in [5, 5.41) is 12.3. The van der Waals surface area contributed by atoms with Gasteiger partial charge in [0.25, 0.3) is 0 Å². The van der Waals surface area contributed by atoms with Crippen LogP contribution in [0.1, 0.15) is 5.56 Å². The molecule has 4 heteroatoms. The van der Waals surface area contributed by atoms with E-state index in [-0.39, 0.29) is 0 Å². The number of piperazine rings is 1. The first kappa shape index (κ1) is 10.5. The first-order chi connectivity index (χ1) is 7.40. The average molecular weight is 219 g/mol. The van der Waals surface area contributed by atoms with Gasteiger partial charge in [-0.25, -0.2) is 4.31 Å². The van der Waals surface area contributed by atoms with E-state index < -0.39 is 0 Å². The van der Waals surface area contributed by atoms with Gasteiger partial charge in [-0.2, -0.15) is 5.26 Å². The Morgan fingerprint density at radius 1 is 1.27 bits per heavy atom. The molecule has 0 aromatic heterocycles. The lowest BCUT2D eigenvalue weighted by molar-refractivity contribution is 0.396. The predicted octanol–water partition coefficient (Wildman–Crippen LogP) is 1.47. The summed E-state index contributed by atoms with van der Waals surface area (Å²) in [6.45, 7) is 4.12. The van der Waals surface area contributed by atoms with Crippen molar-refractivity contribution in [3.63, 3.8) is 0 Å². The highest BCUT2D eigenvalue weighted by molar-refractivity contribution is 7.97. The molecule has 3 nitrogen and oxygen atoms in total. The molecule has 78 valence electrons. The number of nitriles is 1. The minimum Gasteiger partial charge on any atom is -0.314 e. The van der Waals surface area contributed by atoms with E-state index in [2.05, 4.69) is 15.7 Å². The van der Waals surface area contributed by atoms with E-state index in [1.165, 1.54) is 0 Å². The Hall–Kier alpha value is -1.02. The van der Waals surface area contributed by atoms with Gasteiger partial charge in [0, 0.05) is 31.1 Å². The zero-order chi connectivity index (χ0) is 10.5. The molecule has 0 saturated carbocycles. The first-order valence-corrected chi connectivity index (χ1v) is 5.80. The molecular weight excluding hydrogens is 206 g/mol. The summed E-state index contributed by atoms with van der Waals surface area (Å²) in [4.78, 5) is 1.06. The monoisotopic (exact) mass is 219 g/mol. The summed E-state index contributed by atoms with van der Waals surface area (Å²) in [7, 11) is 0. The van der Waals surface area contributed by atoms with E-state index in [9.17, 15) is 0 Å². The lowest BCUT2D eigenvalue weighted by Crippen LogP contribution is -2.39. The second-order valence-corrected chi connectivity index (χ2v) is 4.52. The molecule has 1 saturated heterocycles. The fraction of sp³-hybridized carbons (Fsp3) is 0.364. The maximum Gasteiger partial charge on any atom is 0.100 e. The third-order valence-corrected chi connectivity index (χ3v) is 3.49. The van der Waals surface area contributed by atoms with Gasteiger partial charge in [-0.15, -0.1) is 0 Å². The molecule has 1 aromatic rings. The molecular formula is C11H13N3S. The zero-order valence-electron chi connectivity index (χ0n) is 8.44. The van der Waals surface area contributed by atoms with Crippen molar-refractivity contribution in [1.82, 2.24) is 9.62 Å². The van der Waals surface area contributed by atoms with E-state index in [1.807, 2.05) is 24.3 Å². The van der Waals surface area contributed by atoms with E-state index >= 15 is 0 Å². The highest BCUT2D eigenvalue weighted by Crippen LogP contribution is 2.25. The number of benzene rings is 1. The molecule has 0 atom stereocenters. The molecule has 1 aliphatic heterocycles. The molecule has 2 rings (SSSR count). The second-order valence-electron chi connectivity index (χ2n) is 3.38. The summed E-state index contributed by atoms with van der Waals surface area (Å²) in [5.74, 6) is 0. The van der Waals surface area contributed by atoms with Gasteiger partial charge in [0.1, 0.15) is 6.07 Å². The van der Waals surface area contributed by atoms with Crippen molar-refractivity contribution in [2.24, 2.45) is 0 Å². The topological polar surface area (TPSA) is 39.1 Å². The fourth-order valence-corrected chi connectivity index (χ4v) is 2.51. The smallest absolute Gasteiger partial charge is 0.100 e. The van der Waals surface area contributed by atoms with Crippen molar-refractivity contribution in [3.8, 4) is 6.07 Å². The van der Waals surface area contributed by atoms with Crippen LogP contribution >= 0.6 is 11.9 Å². The van der Waals surface area contributed by atoms with Crippen molar-refractivity contribution < 1.29 is 0 Å². The highest BCUT2D eigenvalue weighted by Gasteiger charge is 2.12. The van der Waals surface area contributed by atoms with Crippen LogP contribution in [-0.2, 0) is 0 Å². The van der Waals surface area contributed by atoms with Crippen LogP contribution in [0.2, 0.25) is 0 Å². The normalized spacial score (nSPS) is 17.3. The van der Waals surface area contributed by atoms with Gasteiger partial charge in [0.2, 0.25) is 0 Å². The summed E-state index contributed by atoms with van der Waals surface area (Å²) in [6, 6.07) is 9.97. The Kier molecular flexibility index (Phi) is 3.62. The van der Waals surface area contributed by atoms with Crippen LogP contribution in [0.25, 0.3) is 0 Å². The largest absolute Gasteiger partial charge is 0.314 e. The summed E-state index contributed by atoms with van der Waals surface area (Å²) < 4.78 is 2.30. The molecule has 0 aliphatic carbocycles. The number of nitrogens with zero attached hydrogens (tertiary/aromatic N) is 2. The molecule has 1 aromatic carbocycles. The van der Waals surface area contributed by atoms with Crippen molar-refractivity contribution in [1.29, 1.82) is 5.26 Å². The second kappa shape index (κ2) is 5.17. The van der Waals surface area contributed by atoms with Crippen LogP contribution in [0.4, 0.5) is 0 Å². The third kappa shape index (κ3) is 2.72. The predicted molar refractivity (Wildman–Crippen MR) is 61.5 cm³/mol. The quantitative estimate of drug-likeness (QED) is 0.765. The van der Waals surface area contributed by atoms with Gasteiger partial charge in [0.05, 0.1) is 5.56 Å². The maximum atomic E-state index is 8.95. The Balaban J connectivity index is 2.06. The lowest BCUT2D eigenvalue weighted by Gasteiger charge is -2.26. The van der Waals surface area contributed by atoms with E-state index in [4.69, 9.17) is 5.26 Å². The van der Waals surface area contributed by atoms with E-state index in [0.29, 0.717) is 0 Å². The molecule has 1 heterocycles. The number of hydrogen-bond donors (Lipinski definition) is 1. The standard InChI is InChI=1S/C11H13N3S/c12-9-10-3-1-2-4-11(10)15-14-7-5-13-6-8-14/h1-4,13H,5-8H2. The minimum atomic E-state index is 0.765. The Morgan fingerprint density at radius 2 is 2.00 bits per heavy atom. The van der Waals surface area contributed by atoms with Crippen LogP contribution in [0, 0.1) is 11.3 Å². The zero-order valence-corrected chi connectivity index (χ0v) is 9.26. The first-order valence-electron chi connectivity index (χ1n) is 5.03. The molecule has 1 aliphatic rings. The maximum absolute atomic E-state index is 8.95. The summed E-state index contributed by atoms with van der Waals surface area (Å²) in [6.07, 6.45) is 0. The van der Waals surface area contributed by atoms with Crippen LogP contribution < -0.4 is 5.32 Å². The van der Waals surface area contributed by atoms with Gasteiger partial charge in [-0.3, -0.25) is 0 Å². The van der Waals surface area contributed by atoms with Gasteiger partial charge < -0.3 is 5.32 Å². The van der Waals surface area contributed by atoms with E-state index in [1.54, 1.807) is 11.9 Å². The SMILES string of the molecule is N#Cc1ccccc1SN1CCNCC1. The molecule has 1 fully saturated rings. The van der Waals surface area contributed by atoms with Crippen molar-refractivity contribution in [2.75, 3.05) is 26.2 Å². The van der Waals surface area contributed by atoms with Crippen LogP contribution in [0.3, 0.4) is 0 Å². The molecule has 1 N–H and O–H groups in total. The molecule has 0 spiro atoms. The van der Waals surface area contributed by atoms with Crippen molar-refractivity contribution in [2.45, 2.75) is 4.90 Å². The average Bonchev–Trinajstić information content (AvgIpc) is 2.31. The Bertz CT molecular complexity index is 366. The van der Waals surface area contributed by atoms with Gasteiger partial charge in [0.15, 0.2) is 0 Å². The van der Waals surface area contributed by atoms with Gasteiger partial charge in [-0.05, 0) is 24.1 Å². The fourth-order valence-electron chi connectivity index (χ4n) is 1.51. The minimum absolute atomic E-state index is 0.765. The summed E-state index contributed by atoms with van der Waals surface area (Å²) >= 11 is 1.69. The Morgan fingerprint density at radius 3 is 2.73 bits per heavy atom. The number of rotatable bonds is 2. The van der Waals surface area contributed by atoms with Crippen LogP contribution in [0.15, 0.2) is 29.2 Å². The Labute approximate surface area is 94.2 Å². The highest BCUT2D eigenvalue weighted by atomic mass is 32.2. The van der Waals surface area contributed by atoms with Crippen LogP contribution in [0.5, 0.6) is 0 Å². The van der Waals surface area contributed by atoms with Crippen LogP contribution in [-0.4, -0.2) is 30.5 Å². The lowest BCUT2D eigenvalue weighted by atomic mass is 10.2. The molecule has 0 unspecified atom stereocenters. The molecule has 0 bridgehead atoms. The molecule has 0 radical (unpaired) electrons. The number of hydrogen-bond acceptors (Lipinski definition) is 4. The third-order valence-electron chi connectivity index (χ3n) is 2.31. The molecule has 0 amide bonds. The van der Waals surface area contributed by atoms with E-state index in [0.717, 1.165) is 36.6 Å².